The highest BCUT2D eigenvalue weighted by molar-refractivity contribution is 8.10. The first-order valence-corrected chi connectivity index (χ1v) is 5.41. The largest absolute Gasteiger partial charge is 0.478 e. The molecular weight excluding hydrogens is 188 g/mol. The van der Waals surface area contributed by atoms with Gasteiger partial charge in [-0.2, -0.15) is 0 Å². The van der Waals surface area contributed by atoms with Crippen molar-refractivity contribution in [1.82, 2.24) is 0 Å². The van der Waals surface area contributed by atoms with Crippen molar-refractivity contribution in [3.05, 3.63) is 0 Å². The van der Waals surface area contributed by atoms with E-state index in [0.717, 1.165) is 13.0 Å². The smallest absolute Gasteiger partial charge is 0.216 e. The SMILES string of the molecule is CCCCC(CC)COC(=S)S. The van der Waals surface area contributed by atoms with Gasteiger partial charge in [-0.1, -0.05) is 45.7 Å². The van der Waals surface area contributed by atoms with E-state index < -0.39 is 0 Å². The van der Waals surface area contributed by atoms with Gasteiger partial charge in [-0.25, -0.2) is 0 Å². The first kappa shape index (κ1) is 12.2. The Kier molecular flexibility index (Phi) is 8.02. The Balaban J connectivity index is 3.45. The van der Waals surface area contributed by atoms with E-state index in [0.29, 0.717) is 10.3 Å². The van der Waals surface area contributed by atoms with Gasteiger partial charge >= 0.3 is 0 Å². The minimum Gasteiger partial charge on any atom is -0.478 e. The first-order valence-electron chi connectivity index (χ1n) is 4.56. The predicted octanol–water partition coefficient (Wildman–Crippen LogP) is 3.43. The molecule has 0 aromatic carbocycles. The quantitative estimate of drug-likeness (QED) is 0.526. The third kappa shape index (κ3) is 6.92. The van der Waals surface area contributed by atoms with E-state index in [1.807, 2.05) is 0 Å². The monoisotopic (exact) mass is 206 g/mol. The lowest BCUT2D eigenvalue weighted by molar-refractivity contribution is 0.234. The van der Waals surface area contributed by atoms with Gasteiger partial charge in [-0.05, 0) is 24.6 Å². The van der Waals surface area contributed by atoms with Crippen LogP contribution in [0.4, 0.5) is 0 Å². The van der Waals surface area contributed by atoms with Crippen molar-refractivity contribution in [3.63, 3.8) is 0 Å². The average molecular weight is 206 g/mol. The lowest BCUT2D eigenvalue weighted by Crippen LogP contribution is -2.09. The normalized spacial score (nSPS) is 12.6. The maximum Gasteiger partial charge on any atom is 0.216 e. The molecule has 0 radical (unpaired) electrons. The third-order valence-electron chi connectivity index (χ3n) is 1.99. The Bertz CT molecular complexity index is 126. The zero-order chi connectivity index (χ0) is 9.40. The molecule has 0 amide bonds. The van der Waals surface area contributed by atoms with Crippen LogP contribution < -0.4 is 0 Å². The Hall–Kier alpha value is 0.240. The molecule has 3 heteroatoms. The Morgan fingerprint density at radius 2 is 2.17 bits per heavy atom. The van der Waals surface area contributed by atoms with E-state index in [2.05, 4.69) is 26.5 Å². The molecule has 0 aliphatic heterocycles. The van der Waals surface area contributed by atoms with Crippen molar-refractivity contribution >= 4 is 29.2 Å². The maximum atomic E-state index is 5.19. The zero-order valence-corrected chi connectivity index (χ0v) is 9.59. The van der Waals surface area contributed by atoms with Crippen LogP contribution >= 0.6 is 24.8 Å². The number of hydrogen-bond acceptors (Lipinski definition) is 2. The van der Waals surface area contributed by atoms with E-state index in [-0.39, 0.29) is 0 Å². The standard InChI is InChI=1S/C9H18OS2/c1-3-5-6-8(4-2)7-10-9(11)12/h8H,3-7H2,1-2H3,(H,11,12). The minimum absolute atomic E-state index is 0.366. The highest BCUT2D eigenvalue weighted by Gasteiger charge is 2.06. The Labute approximate surface area is 86.3 Å². The van der Waals surface area contributed by atoms with Gasteiger partial charge in [0.25, 0.3) is 0 Å². The van der Waals surface area contributed by atoms with Gasteiger partial charge in [0.05, 0.1) is 6.61 Å². The molecule has 0 bridgehead atoms. The molecule has 72 valence electrons. The molecule has 0 saturated heterocycles. The van der Waals surface area contributed by atoms with Crippen LogP contribution in [0.5, 0.6) is 0 Å². The van der Waals surface area contributed by atoms with Gasteiger partial charge < -0.3 is 4.74 Å². The molecule has 0 aliphatic rings. The molecule has 0 aromatic heterocycles. The van der Waals surface area contributed by atoms with Crippen molar-refractivity contribution < 1.29 is 4.74 Å². The Morgan fingerprint density at radius 3 is 2.58 bits per heavy atom. The van der Waals surface area contributed by atoms with Crippen molar-refractivity contribution in [2.45, 2.75) is 39.5 Å². The molecular formula is C9H18OS2. The summed E-state index contributed by atoms with van der Waals surface area (Å²) in [6.45, 7) is 5.13. The van der Waals surface area contributed by atoms with Crippen molar-refractivity contribution in [2.24, 2.45) is 5.92 Å². The zero-order valence-electron chi connectivity index (χ0n) is 7.88. The van der Waals surface area contributed by atoms with E-state index >= 15 is 0 Å². The molecule has 12 heavy (non-hydrogen) atoms. The lowest BCUT2D eigenvalue weighted by Gasteiger charge is -2.13. The maximum absolute atomic E-state index is 5.19. The predicted molar refractivity (Wildman–Crippen MR) is 60.8 cm³/mol. The number of rotatable bonds is 6. The van der Waals surface area contributed by atoms with Crippen LogP contribution in [0.2, 0.25) is 0 Å². The second kappa shape index (κ2) is 7.87. The molecule has 0 saturated carbocycles. The molecule has 1 unspecified atom stereocenters. The summed E-state index contributed by atoms with van der Waals surface area (Å²) in [5.74, 6) is 0.648. The summed E-state index contributed by atoms with van der Waals surface area (Å²) in [5.41, 5.74) is 0. The highest BCUT2D eigenvalue weighted by Crippen LogP contribution is 2.13. The molecule has 0 fully saturated rings. The van der Waals surface area contributed by atoms with Crippen LogP contribution in [0, 0.1) is 5.92 Å². The van der Waals surface area contributed by atoms with Gasteiger partial charge in [0.2, 0.25) is 4.38 Å². The summed E-state index contributed by atoms with van der Waals surface area (Å²) in [6.07, 6.45) is 4.93. The fraction of sp³-hybridized carbons (Fsp3) is 0.889. The fourth-order valence-corrected chi connectivity index (χ4v) is 1.23. The highest BCUT2D eigenvalue weighted by atomic mass is 32.1. The van der Waals surface area contributed by atoms with Crippen LogP contribution in [0.1, 0.15) is 39.5 Å². The molecule has 1 nitrogen and oxygen atoms in total. The molecule has 0 spiro atoms. The molecule has 0 aliphatic carbocycles. The van der Waals surface area contributed by atoms with Crippen molar-refractivity contribution in [1.29, 1.82) is 0 Å². The van der Waals surface area contributed by atoms with Gasteiger partial charge in [-0.15, -0.1) is 0 Å². The fourth-order valence-electron chi connectivity index (χ4n) is 1.09. The molecule has 1 atom stereocenters. The second-order valence-corrected chi connectivity index (χ2v) is 4.07. The third-order valence-corrected chi connectivity index (χ3v) is 2.23. The van der Waals surface area contributed by atoms with Gasteiger partial charge in [-0.3, -0.25) is 0 Å². The van der Waals surface area contributed by atoms with Crippen LogP contribution in [0.3, 0.4) is 0 Å². The summed E-state index contributed by atoms with van der Waals surface area (Å²) >= 11 is 8.63. The molecule has 0 N–H and O–H groups in total. The minimum atomic E-state index is 0.366. The summed E-state index contributed by atoms with van der Waals surface area (Å²) in [4.78, 5) is 0. The number of ether oxygens (including phenoxy) is 1. The summed E-state index contributed by atoms with van der Waals surface area (Å²) in [5, 5.41) is 0. The summed E-state index contributed by atoms with van der Waals surface area (Å²) in [7, 11) is 0. The number of hydrogen-bond donors (Lipinski definition) is 1. The van der Waals surface area contributed by atoms with E-state index in [1.54, 1.807) is 0 Å². The van der Waals surface area contributed by atoms with Crippen molar-refractivity contribution in [2.75, 3.05) is 6.61 Å². The van der Waals surface area contributed by atoms with E-state index in [1.165, 1.54) is 19.3 Å². The van der Waals surface area contributed by atoms with E-state index in [4.69, 9.17) is 17.0 Å². The van der Waals surface area contributed by atoms with Gasteiger partial charge in [0, 0.05) is 0 Å². The summed E-state index contributed by atoms with van der Waals surface area (Å²) < 4.78 is 5.55. The number of thiocarbonyl (C=S) groups is 1. The lowest BCUT2D eigenvalue weighted by atomic mass is 10.0. The van der Waals surface area contributed by atoms with Crippen LogP contribution in [0.25, 0.3) is 0 Å². The van der Waals surface area contributed by atoms with Gasteiger partial charge in [0.1, 0.15) is 0 Å². The molecule has 0 aromatic rings. The van der Waals surface area contributed by atoms with Crippen LogP contribution in [-0.4, -0.2) is 11.0 Å². The van der Waals surface area contributed by atoms with Crippen LogP contribution in [-0.2, 0) is 4.74 Å². The molecule has 0 rings (SSSR count). The molecule has 0 heterocycles. The topological polar surface area (TPSA) is 9.23 Å². The first-order chi connectivity index (χ1) is 5.70. The number of unbranched alkanes of at least 4 members (excludes halogenated alkanes) is 1. The van der Waals surface area contributed by atoms with Crippen LogP contribution in [0.15, 0.2) is 0 Å². The van der Waals surface area contributed by atoms with Gasteiger partial charge in [0.15, 0.2) is 0 Å². The van der Waals surface area contributed by atoms with Crippen molar-refractivity contribution in [3.8, 4) is 0 Å². The second-order valence-electron chi connectivity index (χ2n) is 2.99. The van der Waals surface area contributed by atoms with E-state index in [9.17, 15) is 0 Å². The number of thiol groups is 1. The average Bonchev–Trinajstić information content (AvgIpc) is 2.05. The Morgan fingerprint density at radius 1 is 1.50 bits per heavy atom. The summed E-state index contributed by atoms with van der Waals surface area (Å²) in [6, 6.07) is 0.